The van der Waals surface area contributed by atoms with Crippen molar-refractivity contribution in [3.05, 3.63) is 0 Å². The first-order valence-corrected chi connectivity index (χ1v) is 8.72. The minimum Gasteiger partial charge on any atom is -0.376 e. The van der Waals surface area contributed by atoms with Crippen molar-refractivity contribution < 1.29 is 9.53 Å². The normalized spacial score (nSPS) is 24.6. The Balaban J connectivity index is 1.95. The predicted molar refractivity (Wildman–Crippen MR) is 92.6 cm³/mol. The third kappa shape index (κ3) is 5.68. The fourth-order valence-electron chi connectivity index (χ4n) is 3.02. The van der Waals surface area contributed by atoms with E-state index in [0.29, 0.717) is 5.41 Å². The third-order valence-electron chi connectivity index (χ3n) is 4.60. The predicted octanol–water partition coefficient (Wildman–Crippen LogP) is 1.32. The second-order valence-electron chi connectivity index (χ2n) is 7.63. The topological polar surface area (TPSA) is 57.2 Å². The molecule has 0 aromatic rings. The second kappa shape index (κ2) is 7.99. The number of rotatable bonds is 4. The number of guanidine groups is 1. The number of nitrogens with one attached hydrogen (secondary N) is 1. The number of hydrogen-bond acceptors (Lipinski definition) is 3. The van der Waals surface area contributed by atoms with Gasteiger partial charge in [0.05, 0.1) is 6.10 Å². The van der Waals surface area contributed by atoms with Crippen molar-refractivity contribution in [2.24, 2.45) is 10.4 Å². The highest BCUT2D eigenvalue weighted by Crippen LogP contribution is 2.28. The van der Waals surface area contributed by atoms with Gasteiger partial charge in [-0.1, -0.05) is 13.8 Å². The van der Waals surface area contributed by atoms with Gasteiger partial charge in [-0.25, -0.2) is 4.99 Å². The van der Waals surface area contributed by atoms with Crippen LogP contribution in [0, 0.1) is 5.41 Å². The molecule has 0 aliphatic carbocycles. The van der Waals surface area contributed by atoms with Gasteiger partial charge in [0.25, 0.3) is 0 Å². The molecule has 132 valence electrons. The molecule has 2 saturated heterocycles. The Morgan fingerprint density at radius 1 is 1.39 bits per heavy atom. The van der Waals surface area contributed by atoms with Gasteiger partial charge in [-0.05, 0) is 31.1 Å². The van der Waals surface area contributed by atoms with Crippen LogP contribution in [-0.4, -0.2) is 74.7 Å². The summed E-state index contributed by atoms with van der Waals surface area (Å²) in [6.07, 6.45) is 4.90. The van der Waals surface area contributed by atoms with E-state index in [9.17, 15) is 4.79 Å². The minimum atomic E-state index is 0.0247. The molecular formula is C17H32N4O2. The molecule has 0 aromatic carbocycles. The molecule has 1 atom stereocenters. The summed E-state index contributed by atoms with van der Waals surface area (Å²) in [4.78, 5) is 20.3. The first kappa shape index (κ1) is 18.0. The average molecular weight is 324 g/mol. The van der Waals surface area contributed by atoms with Gasteiger partial charge in [-0.3, -0.25) is 4.79 Å². The first-order chi connectivity index (χ1) is 10.9. The Labute approximate surface area is 140 Å². The molecule has 0 saturated carbocycles. The maximum atomic E-state index is 11.8. The summed E-state index contributed by atoms with van der Waals surface area (Å²) in [7, 11) is 3.53. The van der Waals surface area contributed by atoms with E-state index in [1.54, 1.807) is 19.0 Å². The monoisotopic (exact) mass is 324 g/mol. The largest absolute Gasteiger partial charge is 0.376 e. The fraction of sp³-hybridized carbons (Fsp3) is 0.882. The number of amides is 1. The van der Waals surface area contributed by atoms with Gasteiger partial charge in [0.15, 0.2) is 5.96 Å². The number of nitrogens with zero attached hydrogens (tertiary/aromatic N) is 3. The van der Waals surface area contributed by atoms with Crippen molar-refractivity contribution in [3.63, 3.8) is 0 Å². The molecule has 6 heteroatoms. The van der Waals surface area contributed by atoms with Crippen molar-refractivity contribution in [1.29, 1.82) is 0 Å². The average Bonchev–Trinajstić information content (AvgIpc) is 2.88. The van der Waals surface area contributed by atoms with Crippen LogP contribution >= 0.6 is 0 Å². The number of carbonyl (C=O) groups is 1. The SMILES string of the molecule is CN(C)C(=O)CN=C(NC[C@H]1CCCCO1)N1CCC(C)(C)C1. The molecule has 2 aliphatic rings. The highest BCUT2D eigenvalue weighted by Gasteiger charge is 2.31. The van der Waals surface area contributed by atoms with Crippen molar-refractivity contribution in [2.45, 2.75) is 45.6 Å². The zero-order valence-electron chi connectivity index (χ0n) is 15.1. The molecule has 1 N–H and O–H groups in total. The number of aliphatic imine (C=N–C) groups is 1. The van der Waals surface area contributed by atoms with Gasteiger partial charge in [0, 0.05) is 40.3 Å². The van der Waals surface area contributed by atoms with E-state index in [0.717, 1.165) is 51.5 Å². The Morgan fingerprint density at radius 3 is 2.74 bits per heavy atom. The van der Waals surface area contributed by atoms with Crippen LogP contribution < -0.4 is 5.32 Å². The molecule has 2 rings (SSSR count). The van der Waals surface area contributed by atoms with Crippen LogP contribution in [0.4, 0.5) is 0 Å². The van der Waals surface area contributed by atoms with Gasteiger partial charge in [0.1, 0.15) is 6.54 Å². The molecule has 0 bridgehead atoms. The van der Waals surface area contributed by atoms with Crippen LogP contribution in [0.1, 0.15) is 39.5 Å². The fourth-order valence-corrected chi connectivity index (χ4v) is 3.02. The zero-order valence-corrected chi connectivity index (χ0v) is 15.1. The van der Waals surface area contributed by atoms with Crippen LogP contribution in [0.25, 0.3) is 0 Å². The lowest BCUT2D eigenvalue weighted by Crippen LogP contribution is -2.45. The number of hydrogen-bond donors (Lipinski definition) is 1. The maximum absolute atomic E-state index is 11.8. The van der Waals surface area contributed by atoms with E-state index in [-0.39, 0.29) is 18.6 Å². The molecule has 2 heterocycles. The number of likely N-dealkylation sites (tertiary alicyclic amines) is 1. The van der Waals surface area contributed by atoms with Gasteiger partial charge in [0.2, 0.25) is 5.91 Å². The Kier molecular flexibility index (Phi) is 6.27. The quantitative estimate of drug-likeness (QED) is 0.626. The van der Waals surface area contributed by atoms with E-state index < -0.39 is 0 Å². The lowest BCUT2D eigenvalue weighted by atomic mass is 9.93. The van der Waals surface area contributed by atoms with Gasteiger partial charge >= 0.3 is 0 Å². The van der Waals surface area contributed by atoms with E-state index >= 15 is 0 Å². The highest BCUT2D eigenvalue weighted by molar-refractivity contribution is 5.85. The van der Waals surface area contributed by atoms with Gasteiger partial charge in [-0.15, -0.1) is 0 Å². The van der Waals surface area contributed by atoms with Crippen LogP contribution in [0.3, 0.4) is 0 Å². The maximum Gasteiger partial charge on any atom is 0.243 e. The summed E-state index contributed by atoms with van der Waals surface area (Å²) in [5, 5.41) is 3.44. The van der Waals surface area contributed by atoms with E-state index in [1.807, 2.05) is 0 Å². The summed E-state index contributed by atoms with van der Waals surface area (Å²) in [5.41, 5.74) is 0.301. The van der Waals surface area contributed by atoms with E-state index in [1.165, 1.54) is 6.42 Å². The molecule has 0 spiro atoms. The van der Waals surface area contributed by atoms with Crippen LogP contribution in [-0.2, 0) is 9.53 Å². The van der Waals surface area contributed by atoms with Gasteiger partial charge < -0.3 is 19.9 Å². The van der Waals surface area contributed by atoms with Crippen molar-refractivity contribution in [2.75, 3.05) is 46.9 Å². The summed E-state index contributed by atoms with van der Waals surface area (Å²) in [6.45, 7) is 8.33. The molecule has 23 heavy (non-hydrogen) atoms. The zero-order chi connectivity index (χ0) is 16.9. The minimum absolute atomic E-state index is 0.0247. The third-order valence-corrected chi connectivity index (χ3v) is 4.60. The van der Waals surface area contributed by atoms with Crippen molar-refractivity contribution >= 4 is 11.9 Å². The van der Waals surface area contributed by atoms with Crippen LogP contribution in [0.5, 0.6) is 0 Å². The molecule has 2 fully saturated rings. The standard InChI is InChI=1S/C17H32N4O2/c1-17(2)8-9-21(13-17)16(19-12-15(22)20(3)4)18-11-14-7-5-6-10-23-14/h14H,5-13H2,1-4H3,(H,18,19)/t14-/m1/s1. The lowest BCUT2D eigenvalue weighted by molar-refractivity contribution is -0.127. The van der Waals surface area contributed by atoms with Crippen LogP contribution in [0.2, 0.25) is 0 Å². The number of carbonyl (C=O) groups excluding carboxylic acids is 1. The number of likely N-dealkylation sites (N-methyl/N-ethyl adjacent to an activating group) is 1. The smallest absolute Gasteiger partial charge is 0.243 e. The molecule has 2 aliphatic heterocycles. The van der Waals surface area contributed by atoms with Crippen molar-refractivity contribution in [1.82, 2.24) is 15.1 Å². The van der Waals surface area contributed by atoms with Crippen LogP contribution in [0.15, 0.2) is 4.99 Å². The molecule has 6 nitrogen and oxygen atoms in total. The highest BCUT2D eigenvalue weighted by atomic mass is 16.5. The Morgan fingerprint density at radius 2 is 2.17 bits per heavy atom. The summed E-state index contributed by atoms with van der Waals surface area (Å²) >= 11 is 0. The van der Waals surface area contributed by atoms with E-state index in [4.69, 9.17) is 4.74 Å². The molecule has 1 amide bonds. The molecular weight excluding hydrogens is 292 g/mol. The number of ether oxygens (including phenoxy) is 1. The van der Waals surface area contributed by atoms with Gasteiger partial charge in [-0.2, -0.15) is 0 Å². The molecule has 0 aromatic heterocycles. The Hall–Kier alpha value is -1.30. The second-order valence-corrected chi connectivity index (χ2v) is 7.63. The Bertz CT molecular complexity index is 428. The van der Waals surface area contributed by atoms with Crippen molar-refractivity contribution in [3.8, 4) is 0 Å². The molecule has 0 unspecified atom stereocenters. The lowest BCUT2D eigenvalue weighted by Gasteiger charge is -2.27. The van der Waals surface area contributed by atoms with E-state index in [2.05, 4.69) is 29.1 Å². The molecule has 0 radical (unpaired) electrons. The summed E-state index contributed by atoms with van der Waals surface area (Å²) in [5.74, 6) is 0.872. The summed E-state index contributed by atoms with van der Waals surface area (Å²) < 4.78 is 5.78. The summed E-state index contributed by atoms with van der Waals surface area (Å²) in [6, 6.07) is 0. The first-order valence-electron chi connectivity index (χ1n) is 8.72.